The van der Waals surface area contributed by atoms with Gasteiger partial charge >= 0.3 is 6.03 Å². The molecule has 3 heterocycles. The lowest BCUT2D eigenvalue weighted by molar-refractivity contribution is -0.118. The molecule has 0 spiro atoms. The number of carbonyl (C=O) groups is 2. The lowest BCUT2D eigenvalue weighted by Crippen LogP contribution is -2.60. The summed E-state index contributed by atoms with van der Waals surface area (Å²) in [5.41, 5.74) is 0.876. The Hall–Kier alpha value is -3.19. The maximum atomic E-state index is 14.2. The van der Waals surface area contributed by atoms with Crippen LogP contribution in [-0.2, 0) is 4.79 Å². The molecule has 1 N–H and O–H groups in total. The van der Waals surface area contributed by atoms with E-state index in [-0.39, 0.29) is 11.7 Å². The minimum Gasteiger partial charge on any atom is -0.329 e. The van der Waals surface area contributed by atoms with Crippen LogP contribution in [0.4, 0.5) is 14.9 Å². The highest BCUT2D eigenvalue weighted by Crippen LogP contribution is 2.43. The molecule has 2 aromatic carbocycles. The quantitative estimate of drug-likeness (QED) is 0.718. The van der Waals surface area contributed by atoms with Crippen molar-refractivity contribution in [1.82, 2.24) is 10.3 Å². The van der Waals surface area contributed by atoms with Gasteiger partial charge in [0.15, 0.2) is 0 Å². The van der Waals surface area contributed by atoms with Gasteiger partial charge in [0.05, 0.1) is 17.9 Å². The number of urea groups is 1. The molecule has 1 aromatic heterocycles. The van der Waals surface area contributed by atoms with E-state index in [4.69, 9.17) is 0 Å². The Labute approximate surface area is 164 Å². The Bertz CT molecular complexity index is 1160. The molecule has 138 valence electrons. The van der Waals surface area contributed by atoms with Crippen molar-refractivity contribution in [1.29, 1.82) is 0 Å². The molecule has 2 atom stereocenters. The molecule has 7 heteroatoms. The number of benzene rings is 2. The van der Waals surface area contributed by atoms with Crippen LogP contribution in [0.2, 0.25) is 0 Å². The molecular weight excluding hydrogens is 377 g/mol. The van der Waals surface area contributed by atoms with Crippen LogP contribution >= 0.6 is 11.8 Å². The van der Waals surface area contributed by atoms with Gasteiger partial charge in [-0.25, -0.2) is 14.1 Å². The van der Waals surface area contributed by atoms with E-state index in [9.17, 15) is 14.0 Å². The minimum atomic E-state index is -0.550. The monoisotopic (exact) mass is 391 g/mol. The zero-order valence-corrected chi connectivity index (χ0v) is 15.3. The van der Waals surface area contributed by atoms with Crippen LogP contribution in [0, 0.1) is 5.82 Å². The molecule has 2 aliphatic rings. The first-order chi connectivity index (χ1) is 13.6. The Morgan fingerprint density at radius 2 is 1.82 bits per heavy atom. The highest BCUT2D eigenvalue weighted by atomic mass is 32.2. The molecule has 1 fully saturated rings. The molecule has 0 saturated carbocycles. The number of thioether (sulfide) groups is 1. The maximum Gasteiger partial charge on any atom is 0.329 e. The largest absolute Gasteiger partial charge is 0.329 e. The summed E-state index contributed by atoms with van der Waals surface area (Å²) in [7, 11) is 0. The number of nitrogens with zero attached hydrogens (tertiary/aromatic N) is 2. The van der Waals surface area contributed by atoms with Crippen LogP contribution in [0.5, 0.6) is 0 Å². The molecule has 0 aliphatic carbocycles. The Morgan fingerprint density at radius 3 is 2.68 bits per heavy atom. The summed E-state index contributed by atoms with van der Waals surface area (Å²) in [4.78, 5) is 31.9. The van der Waals surface area contributed by atoms with Gasteiger partial charge in [0.25, 0.3) is 5.91 Å². The first-order valence-corrected chi connectivity index (χ1v) is 9.62. The van der Waals surface area contributed by atoms with Crippen molar-refractivity contribution in [3.63, 3.8) is 0 Å². The summed E-state index contributed by atoms with van der Waals surface area (Å²) >= 11 is 1.27. The fraction of sp³-hybridized carbons (Fsp3) is 0.0952. The number of hydrogen-bond donors (Lipinski definition) is 1. The molecule has 5 nitrogen and oxygen atoms in total. The summed E-state index contributed by atoms with van der Waals surface area (Å²) in [6.45, 7) is 0. The maximum absolute atomic E-state index is 14.2. The van der Waals surface area contributed by atoms with Crippen molar-refractivity contribution >= 4 is 45.1 Å². The molecule has 3 amide bonds. The molecule has 1 saturated heterocycles. The number of anilines is 1. The molecule has 2 unspecified atom stereocenters. The highest BCUT2D eigenvalue weighted by molar-refractivity contribution is 8.09. The number of aromatic nitrogens is 1. The summed E-state index contributed by atoms with van der Waals surface area (Å²) in [5.74, 6) is -0.687. The van der Waals surface area contributed by atoms with E-state index >= 15 is 0 Å². The molecule has 28 heavy (non-hydrogen) atoms. The van der Waals surface area contributed by atoms with Crippen molar-refractivity contribution < 1.29 is 14.0 Å². The second kappa shape index (κ2) is 6.45. The van der Waals surface area contributed by atoms with Gasteiger partial charge in [-0.05, 0) is 12.1 Å². The van der Waals surface area contributed by atoms with Crippen LogP contribution < -0.4 is 10.2 Å². The molecule has 0 bridgehead atoms. The number of fused-ring (bicyclic) bond motifs is 2. The molecule has 3 aromatic rings. The van der Waals surface area contributed by atoms with Crippen LogP contribution in [-0.4, -0.2) is 28.2 Å². The van der Waals surface area contributed by atoms with Gasteiger partial charge in [-0.2, -0.15) is 0 Å². The van der Waals surface area contributed by atoms with Gasteiger partial charge in [0.1, 0.15) is 11.1 Å². The summed E-state index contributed by atoms with van der Waals surface area (Å²) < 4.78 is 14.2. The third-order valence-electron chi connectivity index (χ3n) is 4.90. The van der Waals surface area contributed by atoms with Gasteiger partial charge in [-0.3, -0.25) is 9.78 Å². The Balaban J connectivity index is 1.52. The van der Waals surface area contributed by atoms with Crippen LogP contribution in [0.3, 0.4) is 0 Å². The standard InChI is InChI=1S/C21H14FN3O2S/c22-15-8-4-3-7-14(15)18-9-16-19(28-18)20(26)25(21(27)24-16)17-11-23-10-12-5-1-2-6-13(12)17/h1-11,16,19H,(H,24,27). The number of pyridine rings is 1. The Kier molecular flexibility index (Phi) is 3.91. The number of halogens is 1. The third kappa shape index (κ3) is 2.58. The zero-order valence-electron chi connectivity index (χ0n) is 14.5. The van der Waals surface area contributed by atoms with Gasteiger partial charge < -0.3 is 5.32 Å². The first-order valence-electron chi connectivity index (χ1n) is 8.74. The zero-order chi connectivity index (χ0) is 19.3. The molecule has 2 aliphatic heterocycles. The summed E-state index contributed by atoms with van der Waals surface area (Å²) in [6, 6.07) is 12.9. The van der Waals surface area contributed by atoms with Crippen LogP contribution in [0.1, 0.15) is 5.56 Å². The molecule has 5 rings (SSSR count). The lowest BCUT2D eigenvalue weighted by atomic mass is 10.1. The van der Waals surface area contributed by atoms with Gasteiger partial charge in [-0.15, -0.1) is 11.8 Å². The van der Waals surface area contributed by atoms with Gasteiger partial charge in [0.2, 0.25) is 0 Å². The van der Waals surface area contributed by atoms with Crippen molar-refractivity contribution in [2.45, 2.75) is 11.3 Å². The van der Waals surface area contributed by atoms with Crippen LogP contribution in [0.25, 0.3) is 15.7 Å². The van der Waals surface area contributed by atoms with Crippen molar-refractivity contribution in [3.05, 3.63) is 78.4 Å². The van der Waals surface area contributed by atoms with Crippen LogP contribution in [0.15, 0.2) is 67.0 Å². The van der Waals surface area contributed by atoms with Crippen molar-refractivity contribution in [3.8, 4) is 0 Å². The highest BCUT2D eigenvalue weighted by Gasteiger charge is 2.45. The van der Waals surface area contributed by atoms with Gasteiger partial charge in [0, 0.05) is 27.4 Å². The second-order valence-electron chi connectivity index (χ2n) is 6.58. The summed E-state index contributed by atoms with van der Waals surface area (Å²) in [5, 5.41) is 3.92. The molecular formula is C21H14FN3O2S. The van der Waals surface area contributed by atoms with E-state index in [1.165, 1.54) is 24.0 Å². The van der Waals surface area contributed by atoms with E-state index < -0.39 is 17.3 Å². The van der Waals surface area contributed by atoms with E-state index in [0.29, 0.717) is 16.2 Å². The average molecular weight is 391 g/mol. The fourth-order valence-corrected chi connectivity index (χ4v) is 4.87. The number of amides is 3. The number of carbonyl (C=O) groups excluding carboxylic acids is 2. The van der Waals surface area contributed by atoms with Crippen molar-refractivity contribution in [2.24, 2.45) is 0 Å². The smallest absolute Gasteiger partial charge is 0.329 e. The number of hydrogen-bond acceptors (Lipinski definition) is 4. The second-order valence-corrected chi connectivity index (χ2v) is 7.76. The lowest BCUT2D eigenvalue weighted by Gasteiger charge is -2.33. The van der Waals surface area contributed by atoms with E-state index in [2.05, 4.69) is 10.3 Å². The van der Waals surface area contributed by atoms with Crippen molar-refractivity contribution in [2.75, 3.05) is 4.90 Å². The SMILES string of the molecule is O=C1NC2C=C(c3ccccc3F)SC2C(=O)N1c1cncc2ccccc12. The summed E-state index contributed by atoms with van der Waals surface area (Å²) in [6.07, 6.45) is 4.96. The topological polar surface area (TPSA) is 62.3 Å². The number of imide groups is 1. The number of rotatable bonds is 2. The van der Waals surface area contributed by atoms with E-state index in [1.807, 2.05) is 24.3 Å². The van der Waals surface area contributed by atoms with E-state index in [0.717, 1.165) is 15.7 Å². The average Bonchev–Trinajstić information content (AvgIpc) is 3.12. The van der Waals surface area contributed by atoms with E-state index in [1.54, 1.807) is 30.5 Å². The molecule has 0 radical (unpaired) electrons. The predicted octanol–water partition coefficient (Wildman–Crippen LogP) is 3.96. The first kappa shape index (κ1) is 16.9. The number of nitrogens with one attached hydrogen (secondary N) is 1. The predicted molar refractivity (Wildman–Crippen MR) is 107 cm³/mol. The minimum absolute atomic E-state index is 0.334. The fourth-order valence-electron chi connectivity index (χ4n) is 3.58. The van der Waals surface area contributed by atoms with Gasteiger partial charge in [-0.1, -0.05) is 42.5 Å². The third-order valence-corrected chi connectivity index (χ3v) is 6.25. The Morgan fingerprint density at radius 1 is 1.04 bits per heavy atom. The normalized spacial score (nSPS) is 21.5.